The second kappa shape index (κ2) is 6.07. The number of ether oxygens (including phenoxy) is 2. The first-order valence-corrected chi connectivity index (χ1v) is 8.91. The monoisotopic (exact) mass is 392 g/mol. The highest BCUT2D eigenvalue weighted by atomic mass is 79.9. The molecule has 1 aliphatic rings. The third kappa shape index (κ3) is 2.81. The molecule has 4 heteroatoms. The van der Waals surface area contributed by atoms with Crippen molar-refractivity contribution in [2.75, 3.05) is 7.11 Å². The van der Waals surface area contributed by atoms with Crippen molar-refractivity contribution in [3.8, 4) is 22.6 Å². The number of hydrogen-bond acceptors (Lipinski definition) is 2. The summed E-state index contributed by atoms with van der Waals surface area (Å²) in [7, 11) is 1.65. The van der Waals surface area contributed by atoms with Gasteiger partial charge in [-0.2, -0.15) is 0 Å². The molecule has 128 valence electrons. The molecule has 0 fully saturated rings. The van der Waals surface area contributed by atoms with Crippen LogP contribution in [-0.2, 0) is 6.42 Å². The molecule has 3 rings (SSSR count). The van der Waals surface area contributed by atoms with E-state index in [-0.39, 0.29) is 11.4 Å². The van der Waals surface area contributed by atoms with Gasteiger partial charge in [0.2, 0.25) is 0 Å². The Bertz CT molecular complexity index is 779. The summed E-state index contributed by atoms with van der Waals surface area (Å²) in [4.78, 5) is 0. The van der Waals surface area contributed by atoms with Gasteiger partial charge in [-0.1, -0.05) is 26.0 Å². The maximum absolute atomic E-state index is 13.3. The summed E-state index contributed by atoms with van der Waals surface area (Å²) in [5.74, 6) is 1.60. The van der Waals surface area contributed by atoms with E-state index in [4.69, 9.17) is 9.47 Å². The quantitative estimate of drug-likeness (QED) is 0.627. The Hall–Kier alpha value is -1.55. The first kappa shape index (κ1) is 17.3. The largest absolute Gasteiger partial charge is 0.492 e. The first-order chi connectivity index (χ1) is 11.2. The summed E-state index contributed by atoms with van der Waals surface area (Å²) < 4.78 is 26.3. The van der Waals surface area contributed by atoms with Crippen molar-refractivity contribution in [2.45, 2.75) is 45.6 Å². The lowest BCUT2D eigenvalue weighted by atomic mass is 9.88. The van der Waals surface area contributed by atoms with Gasteiger partial charge in [0, 0.05) is 22.0 Å². The fourth-order valence-corrected chi connectivity index (χ4v) is 4.54. The second-order valence-corrected chi connectivity index (χ2v) is 7.94. The molecule has 0 spiro atoms. The normalized spacial score (nSPS) is 15.3. The third-order valence-corrected chi connectivity index (χ3v) is 5.21. The minimum Gasteiger partial charge on any atom is -0.492 e. The van der Waals surface area contributed by atoms with E-state index in [1.54, 1.807) is 19.2 Å². The Labute approximate surface area is 151 Å². The minimum absolute atomic E-state index is 0.253. The average Bonchev–Trinajstić information content (AvgIpc) is 2.81. The highest BCUT2D eigenvalue weighted by Crippen LogP contribution is 2.54. The van der Waals surface area contributed by atoms with Crippen LogP contribution in [0.15, 0.2) is 28.7 Å². The van der Waals surface area contributed by atoms with Crippen LogP contribution in [0.25, 0.3) is 11.1 Å². The summed E-state index contributed by atoms with van der Waals surface area (Å²) in [6.45, 7) is 8.52. The molecule has 2 nitrogen and oxygen atoms in total. The molecule has 0 N–H and O–H groups in total. The molecule has 0 unspecified atom stereocenters. The van der Waals surface area contributed by atoms with Crippen LogP contribution in [0.2, 0.25) is 0 Å². The fourth-order valence-electron chi connectivity index (χ4n) is 3.43. The molecule has 0 atom stereocenters. The van der Waals surface area contributed by atoms with E-state index >= 15 is 0 Å². The fraction of sp³-hybridized carbons (Fsp3) is 0.400. The van der Waals surface area contributed by atoms with E-state index in [9.17, 15) is 4.39 Å². The van der Waals surface area contributed by atoms with E-state index in [0.29, 0.717) is 11.7 Å². The van der Waals surface area contributed by atoms with Crippen LogP contribution in [-0.4, -0.2) is 12.7 Å². The van der Waals surface area contributed by atoms with Gasteiger partial charge in [-0.05, 0) is 59.0 Å². The van der Waals surface area contributed by atoms with Crippen LogP contribution in [0.4, 0.5) is 4.39 Å². The van der Waals surface area contributed by atoms with Crippen molar-refractivity contribution in [3.05, 3.63) is 45.7 Å². The van der Waals surface area contributed by atoms with Crippen LogP contribution >= 0.6 is 15.9 Å². The van der Waals surface area contributed by atoms with E-state index in [1.807, 2.05) is 0 Å². The SMILES string of the molecule is COc1c2c(c(C(C)C)c(Br)c1-c1ccc(F)cc1)CC(C)(C)O2. The maximum atomic E-state index is 13.3. The summed E-state index contributed by atoms with van der Waals surface area (Å²) in [5.41, 5.74) is 3.98. The Morgan fingerprint density at radius 1 is 1.21 bits per heavy atom. The van der Waals surface area contributed by atoms with E-state index in [1.165, 1.54) is 23.3 Å². The zero-order chi connectivity index (χ0) is 17.6. The molecule has 0 saturated heterocycles. The smallest absolute Gasteiger partial charge is 0.170 e. The molecule has 0 aliphatic carbocycles. The van der Waals surface area contributed by atoms with Gasteiger partial charge < -0.3 is 9.47 Å². The van der Waals surface area contributed by atoms with Crippen LogP contribution in [0, 0.1) is 5.82 Å². The molecular weight excluding hydrogens is 371 g/mol. The first-order valence-electron chi connectivity index (χ1n) is 8.12. The summed E-state index contributed by atoms with van der Waals surface area (Å²) in [6.07, 6.45) is 0.842. The molecule has 0 amide bonds. The zero-order valence-corrected chi connectivity index (χ0v) is 16.3. The molecular formula is C20H22BrFO2. The van der Waals surface area contributed by atoms with Crippen molar-refractivity contribution < 1.29 is 13.9 Å². The van der Waals surface area contributed by atoms with Crippen molar-refractivity contribution in [3.63, 3.8) is 0 Å². The van der Waals surface area contributed by atoms with Gasteiger partial charge in [0.05, 0.1) is 7.11 Å². The van der Waals surface area contributed by atoms with Crippen molar-refractivity contribution >= 4 is 15.9 Å². The van der Waals surface area contributed by atoms with Crippen molar-refractivity contribution in [1.82, 2.24) is 0 Å². The maximum Gasteiger partial charge on any atom is 0.170 e. The van der Waals surface area contributed by atoms with Gasteiger partial charge >= 0.3 is 0 Å². The Morgan fingerprint density at radius 2 is 1.83 bits per heavy atom. The third-order valence-electron chi connectivity index (χ3n) is 4.38. The van der Waals surface area contributed by atoms with Gasteiger partial charge in [0.15, 0.2) is 11.5 Å². The molecule has 1 heterocycles. The lowest BCUT2D eigenvalue weighted by Gasteiger charge is -2.21. The number of fused-ring (bicyclic) bond motifs is 1. The summed E-state index contributed by atoms with van der Waals surface area (Å²) in [5, 5.41) is 0. The highest BCUT2D eigenvalue weighted by Gasteiger charge is 2.38. The lowest BCUT2D eigenvalue weighted by Crippen LogP contribution is -2.25. The van der Waals surface area contributed by atoms with Crippen molar-refractivity contribution in [1.29, 1.82) is 0 Å². The molecule has 0 aromatic heterocycles. The minimum atomic E-state index is -0.264. The van der Waals surface area contributed by atoms with Gasteiger partial charge in [-0.25, -0.2) is 4.39 Å². The number of halogens is 2. The molecule has 0 radical (unpaired) electrons. The number of rotatable bonds is 3. The predicted octanol–water partition coefficient (Wildman–Crippen LogP) is 6.10. The molecule has 0 saturated carbocycles. The van der Waals surface area contributed by atoms with E-state index in [2.05, 4.69) is 43.6 Å². The van der Waals surface area contributed by atoms with Crippen LogP contribution in [0.3, 0.4) is 0 Å². The Balaban J connectivity index is 2.34. The summed E-state index contributed by atoms with van der Waals surface area (Å²) in [6, 6.07) is 6.48. The molecule has 0 bridgehead atoms. The van der Waals surface area contributed by atoms with Crippen LogP contribution in [0.1, 0.15) is 44.7 Å². The van der Waals surface area contributed by atoms with Crippen LogP contribution in [0.5, 0.6) is 11.5 Å². The second-order valence-electron chi connectivity index (χ2n) is 7.14. The lowest BCUT2D eigenvalue weighted by molar-refractivity contribution is 0.134. The molecule has 24 heavy (non-hydrogen) atoms. The van der Waals surface area contributed by atoms with Gasteiger partial charge in [-0.3, -0.25) is 0 Å². The van der Waals surface area contributed by atoms with Gasteiger partial charge in [0.25, 0.3) is 0 Å². The van der Waals surface area contributed by atoms with E-state index < -0.39 is 0 Å². The zero-order valence-electron chi connectivity index (χ0n) is 14.7. The van der Waals surface area contributed by atoms with Crippen molar-refractivity contribution in [2.24, 2.45) is 0 Å². The highest BCUT2D eigenvalue weighted by molar-refractivity contribution is 9.10. The number of methoxy groups -OCH3 is 1. The molecule has 2 aromatic rings. The predicted molar refractivity (Wildman–Crippen MR) is 98.6 cm³/mol. The topological polar surface area (TPSA) is 18.5 Å². The average molecular weight is 393 g/mol. The Kier molecular flexibility index (Phi) is 4.37. The van der Waals surface area contributed by atoms with Gasteiger partial charge in [0.1, 0.15) is 11.4 Å². The van der Waals surface area contributed by atoms with Crippen LogP contribution < -0.4 is 9.47 Å². The van der Waals surface area contributed by atoms with Gasteiger partial charge in [-0.15, -0.1) is 0 Å². The number of hydrogen-bond donors (Lipinski definition) is 0. The standard InChI is InChI=1S/C20H22BrFO2/c1-11(2)15-14-10-20(3,4)24-18(14)19(23-5)16(17(15)21)12-6-8-13(22)9-7-12/h6-9,11H,10H2,1-5H3. The molecule has 2 aromatic carbocycles. The number of benzene rings is 2. The van der Waals surface area contributed by atoms with E-state index in [0.717, 1.165) is 27.8 Å². The Morgan fingerprint density at radius 3 is 2.38 bits per heavy atom. The summed E-state index contributed by atoms with van der Waals surface area (Å²) >= 11 is 3.79. The molecule has 1 aliphatic heterocycles.